The van der Waals surface area contributed by atoms with E-state index in [0.29, 0.717) is 19.6 Å². The van der Waals surface area contributed by atoms with Crippen LogP contribution in [0.25, 0.3) is 0 Å². The molecule has 0 radical (unpaired) electrons. The van der Waals surface area contributed by atoms with Crippen LogP contribution in [0.4, 0.5) is 0 Å². The van der Waals surface area contributed by atoms with Gasteiger partial charge in [0.15, 0.2) is 0 Å². The summed E-state index contributed by atoms with van der Waals surface area (Å²) in [4.78, 5) is 0. The van der Waals surface area contributed by atoms with Gasteiger partial charge in [-0.25, -0.2) is 0 Å². The molecule has 2 saturated heterocycles. The first kappa shape index (κ1) is 12.3. The Labute approximate surface area is 97.2 Å². The lowest BCUT2D eigenvalue weighted by Crippen LogP contribution is -2.47. The highest BCUT2D eigenvalue weighted by atomic mass is 32.2. The Morgan fingerprint density at radius 1 is 1.25 bits per heavy atom. The van der Waals surface area contributed by atoms with Gasteiger partial charge in [-0.15, -0.1) is 0 Å². The van der Waals surface area contributed by atoms with Crippen LogP contribution >= 0.6 is 0 Å². The van der Waals surface area contributed by atoms with E-state index in [1.165, 1.54) is 4.31 Å². The summed E-state index contributed by atoms with van der Waals surface area (Å²) in [5, 5.41) is 9.29. The molecule has 0 aromatic carbocycles. The minimum absolute atomic E-state index is 0.0752. The van der Waals surface area contributed by atoms with Gasteiger partial charge in [-0.3, -0.25) is 0 Å². The number of hydrogen-bond donors (Lipinski definition) is 1. The van der Waals surface area contributed by atoms with Gasteiger partial charge in [-0.05, 0) is 25.2 Å². The second-order valence-corrected chi connectivity index (χ2v) is 6.62. The molecule has 0 aromatic heterocycles. The first-order valence-electron chi connectivity index (χ1n) is 5.95. The van der Waals surface area contributed by atoms with Crippen molar-refractivity contribution in [1.29, 1.82) is 0 Å². The highest BCUT2D eigenvalue weighted by molar-refractivity contribution is 7.86. The molecule has 6 heteroatoms. The lowest BCUT2D eigenvalue weighted by atomic mass is 10.0. The Hall–Kier alpha value is -0.170. The fraction of sp³-hybridized carbons (Fsp3) is 1.00. The van der Waals surface area contributed by atoms with Crippen molar-refractivity contribution in [3.8, 4) is 0 Å². The third-order valence-corrected chi connectivity index (χ3v) is 5.77. The van der Waals surface area contributed by atoms with Crippen molar-refractivity contribution in [3.63, 3.8) is 0 Å². The summed E-state index contributed by atoms with van der Waals surface area (Å²) >= 11 is 0. The van der Waals surface area contributed by atoms with Gasteiger partial charge in [0.25, 0.3) is 10.2 Å². The van der Waals surface area contributed by atoms with Gasteiger partial charge in [0.05, 0.1) is 12.6 Å². The van der Waals surface area contributed by atoms with Gasteiger partial charge < -0.3 is 5.11 Å². The largest absolute Gasteiger partial charge is 0.395 e. The Balaban J connectivity index is 2.16. The molecule has 0 aromatic rings. The monoisotopic (exact) mass is 248 g/mol. The summed E-state index contributed by atoms with van der Waals surface area (Å²) in [5.41, 5.74) is 0. The van der Waals surface area contributed by atoms with E-state index >= 15 is 0 Å². The third-order valence-electron chi connectivity index (χ3n) is 3.71. The van der Waals surface area contributed by atoms with Crippen LogP contribution < -0.4 is 0 Å². The predicted octanol–water partition coefficient (Wildman–Crippen LogP) is 0.0297. The number of aliphatic hydroxyl groups is 1. The fourth-order valence-electron chi connectivity index (χ4n) is 2.60. The summed E-state index contributed by atoms with van der Waals surface area (Å²) in [6.45, 7) is 3.73. The molecule has 2 rings (SSSR count). The minimum Gasteiger partial charge on any atom is -0.395 e. The van der Waals surface area contributed by atoms with Crippen LogP contribution in [0.15, 0.2) is 0 Å². The SMILES string of the molecule is CC1CCN(S(=O)(=O)N2CCCC2)C1CO. The molecule has 0 bridgehead atoms. The quantitative estimate of drug-likeness (QED) is 0.766. The van der Waals surface area contributed by atoms with E-state index in [-0.39, 0.29) is 18.6 Å². The van der Waals surface area contributed by atoms with Crippen molar-refractivity contribution in [3.05, 3.63) is 0 Å². The second-order valence-electron chi connectivity index (χ2n) is 4.74. The van der Waals surface area contributed by atoms with Crippen LogP contribution in [0, 0.1) is 5.92 Å². The number of rotatable bonds is 3. The summed E-state index contributed by atoms with van der Waals surface area (Å²) in [6, 6.07) is -0.231. The molecule has 1 N–H and O–H groups in total. The predicted molar refractivity (Wildman–Crippen MR) is 61.1 cm³/mol. The van der Waals surface area contributed by atoms with Crippen LogP contribution in [-0.4, -0.2) is 54.4 Å². The van der Waals surface area contributed by atoms with E-state index in [9.17, 15) is 13.5 Å². The lowest BCUT2D eigenvalue weighted by Gasteiger charge is -2.28. The fourth-order valence-corrected chi connectivity index (χ4v) is 4.57. The Morgan fingerprint density at radius 2 is 1.88 bits per heavy atom. The van der Waals surface area contributed by atoms with Crippen molar-refractivity contribution in [2.24, 2.45) is 5.92 Å². The summed E-state index contributed by atoms with van der Waals surface area (Å²) in [6.07, 6.45) is 2.75. The van der Waals surface area contributed by atoms with Crippen molar-refractivity contribution in [2.45, 2.75) is 32.2 Å². The van der Waals surface area contributed by atoms with Gasteiger partial charge >= 0.3 is 0 Å². The van der Waals surface area contributed by atoms with Crippen LogP contribution in [-0.2, 0) is 10.2 Å². The minimum atomic E-state index is -3.33. The topological polar surface area (TPSA) is 60.9 Å². The summed E-state index contributed by atoms with van der Waals surface area (Å²) in [5.74, 6) is 0.252. The maximum Gasteiger partial charge on any atom is 0.282 e. The van der Waals surface area contributed by atoms with Gasteiger partial charge in [0.1, 0.15) is 0 Å². The van der Waals surface area contributed by atoms with Gasteiger partial charge in [-0.2, -0.15) is 17.0 Å². The van der Waals surface area contributed by atoms with E-state index in [0.717, 1.165) is 19.3 Å². The molecule has 16 heavy (non-hydrogen) atoms. The molecule has 0 aliphatic carbocycles. The first-order valence-corrected chi connectivity index (χ1v) is 7.35. The molecule has 2 aliphatic rings. The van der Waals surface area contributed by atoms with E-state index in [4.69, 9.17) is 0 Å². The Morgan fingerprint density at radius 3 is 2.44 bits per heavy atom. The smallest absolute Gasteiger partial charge is 0.282 e. The molecule has 2 aliphatic heterocycles. The number of aliphatic hydroxyl groups excluding tert-OH is 1. The molecule has 94 valence electrons. The second kappa shape index (κ2) is 4.60. The zero-order valence-corrected chi connectivity index (χ0v) is 10.5. The molecule has 2 fully saturated rings. The number of hydrogen-bond acceptors (Lipinski definition) is 3. The van der Waals surface area contributed by atoms with Crippen molar-refractivity contribution in [2.75, 3.05) is 26.2 Å². The van der Waals surface area contributed by atoms with Crippen LogP contribution in [0.3, 0.4) is 0 Å². The van der Waals surface area contributed by atoms with E-state index in [1.807, 2.05) is 6.92 Å². The van der Waals surface area contributed by atoms with E-state index in [1.54, 1.807) is 4.31 Å². The third kappa shape index (κ3) is 1.99. The Bertz CT molecular complexity index is 338. The normalized spacial score (nSPS) is 33.6. The molecule has 2 heterocycles. The van der Waals surface area contributed by atoms with Crippen LogP contribution in [0.2, 0.25) is 0 Å². The number of nitrogens with zero attached hydrogens (tertiary/aromatic N) is 2. The first-order chi connectivity index (χ1) is 7.57. The van der Waals surface area contributed by atoms with E-state index < -0.39 is 10.2 Å². The van der Waals surface area contributed by atoms with Crippen LogP contribution in [0.5, 0.6) is 0 Å². The van der Waals surface area contributed by atoms with Gasteiger partial charge in [0, 0.05) is 19.6 Å². The van der Waals surface area contributed by atoms with Crippen molar-refractivity contribution in [1.82, 2.24) is 8.61 Å². The molecule has 0 saturated carbocycles. The van der Waals surface area contributed by atoms with E-state index in [2.05, 4.69) is 0 Å². The van der Waals surface area contributed by atoms with Crippen molar-refractivity contribution < 1.29 is 13.5 Å². The molecule has 2 atom stereocenters. The average Bonchev–Trinajstić information content (AvgIpc) is 2.85. The Kier molecular flexibility index (Phi) is 3.53. The summed E-state index contributed by atoms with van der Waals surface area (Å²) in [7, 11) is -3.33. The standard InChI is InChI=1S/C10H20N2O3S/c1-9-4-7-12(10(9)8-13)16(14,15)11-5-2-3-6-11/h9-10,13H,2-8H2,1H3. The van der Waals surface area contributed by atoms with Gasteiger partial charge in [-0.1, -0.05) is 6.92 Å². The maximum absolute atomic E-state index is 12.3. The highest BCUT2D eigenvalue weighted by Crippen LogP contribution is 2.29. The highest BCUT2D eigenvalue weighted by Gasteiger charge is 2.41. The zero-order chi connectivity index (χ0) is 11.8. The average molecular weight is 248 g/mol. The molecular weight excluding hydrogens is 228 g/mol. The van der Waals surface area contributed by atoms with Crippen molar-refractivity contribution >= 4 is 10.2 Å². The maximum atomic E-state index is 12.3. The molecule has 5 nitrogen and oxygen atoms in total. The lowest BCUT2D eigenvalue weighted by molar-refractivity contribution is 0.186. The molecule has 2 unspecified atom stereocenters. The van der Waals surface area contributed by atoms with Gasteiger partial charge in [0.2, 0.25) is 0 Å². The summed E-state index contributed by atoms with van der Waals surface area (Å²) < 4.78 is 27.6. The molecule has 0 spiro atoms. The molecular formula is C10H20N2O3S. The molecule has 0 amide bonds. The zero-order valence-electron chi connectivity index (χ0n) is 9.67. The van der Waals surface area contributed by atoms with Crippen LogP contribution in [0.1, 0.15) is 26.2 Å².